The van der Waals surface area contributed by atoms with E-state index in [1.54, 1.807) is 24.3 Å². The molecule has 0 aliphatic heterocycles. The van der Waals surface area contributed by atoms with Crippen molar-refractivity contribution >= 4 is 34.7 Å². The normalized spacial score (nSPS) is 11.7. The number of hydrogen-bond donors (Lipinski definition) is 1. The van der Waals surface area contributed by atoms with Crippen LogP contribution < -0.4 is 24.3 Å². The Morgan fingerprint density at radius 2 is 1.57 bits per heavy atom. The van der Waals surface area contributed by atoms with Gasteiger partial charge >= 0.3 is 0 Å². The van der Waals surface area contributed by atoms with Crippen LogP contribution >= 0.6 is 11.6 Å². The van der Waals surface area contributed by atoms with Crippen LogP contribution in [0.3, 0.4) is 0 Å². The monoisotopic (exact) mass is 435 g/mol. The third-order valence-corrected chi connectivity index (χ3v) is 4.35. The minimum atomic E-state index is -1.42. The summed E-state index contributed by atoms with van der Waals surface area (Å²) in [5.41, 5.74) is 0.455. The van der Waals surface area contributed by atoms with E-state index in [9.17, 15) is 9.59 Å². The van der Waals surface area contributed by atoms with E-state index in [1.165, 1.54) is 41.4 Å². The zero-order chi connectivity index (χ0) is 22.3. The second-order valence-corrected chi connectivity index (χ2v) is 6.30. The van der Waals surface area contributed by atoms with Crippen LogP contribution in [0.15, 0.2) is 40.6 Å². The summed E-state index contributed by atoms with van der Waals surface area (Å²) < 4.78 is 21.0. The van der Waals surface area contributed by atoms with Crippen molar-refractivity contribution in [3.05, 3.63) is 35.4 Å². The number of anilines is 1. The minimum Gasteiger partial charge on any atom is -0.493 e. The number of ketones is 1. The molecule has 1 unspecified atom stereocenters. The van der Waals surface area contributed by atoms with E-state index in [-0.39, 0.29) is 16.5 Å². The lowest BCUT2D eigenvalue weighted by Crippen LogP contribution is -2.32. The van der Waals surface area contributed by atoms with E-state index in [4.69, 9.17) is 30.5 Å². The quantitative estimate of drug-likeness (QED) is 0.470. The molecule has 0 saturated heterocycles. The molecule has 0 aromatic heterocycles. The van der Waals surface area contributed by atoms with E-state index < -0.39 is 17.7 Å². The molecule has 0 bridgehead atoms. The molecule has 2 aromatic rings. The Kier molecular flexibility index (Phi) is 7.99. The average molecular weight is 436 g/mol. The molecule has 0 fully saturated rings. The molecule has 1 N–H and O–H groups in total. The largest absolute Gasteiger partial charge is 0.493 e. The molecule has 10 heteroatoms. The first kappa shape index (κ1) is 23.0. The molecule has 9 nitrogen and oxygen atoms in total. The molecule has 0 aliphatic carbocycles. The summed E-state index contributed by atoms with van der Waals surface area (Å²) in [6.07, 6.45) is 0. The molecule has 1 amide bonds. The van der Waals surface area contributed by atoms with Crippen LogP contribution in [0.25, 0.3) is 0 Å². The number of nitrogens with one attached hydrogen (secondary N) is 1. The van der Waals surface area contributed by atoms with Gasteiger partial charge in [-0.1, -0.05) is 17.7 Å². The summed E-state index contributed by atoms with van der Waals surface area (Å²) in [5.74, 6) is 0.0821. The lowest BCUT2D eigenvalue weighted by molar-refractivity contribution is -0.126. The lowest BCUT2D eigenvalue weighted by atomic mass is 10.2. The van der Waals surface area contributed by atoms with Gasteiger partial charge in [-0.25, -0.2) is 0 Å². The number of ether oxygens (including phenoxy) is 4. The molecule has 0 aliphatic rings. The molecule has 0 spiro atoms. The number of carbonyl (C=O) groups excluding carboxylic acids is 2. The smallest absolute Gasteiger partial charge is 0.258 e. The molecule has 0 heterocycles. The fourth-order valence-corrected chi connectivity index (χ4v) is 2.79. The van der Waals surface area contributed by atoms with Crippen molar-refractivity contribution < 1.29 is 28.5 Å². The summed E-state index contributed by atoms with van der Waals surface area (Å²) in [5, 5.41) is 10.7. The van der Waals surface area contributed by atoms with Gasteiger partial charge in [-0.05, 0) is 31.2 Å². The van der Waals surface area contributed by atoms with Crippen molar-refractivity contribution in [1.29, 1.82) is 0 Å². The van der Waals surface area contributed by atoms with Crippen molar-refractivity contribution in [3.63, 3.8) is 0 Å². The number of methoxy groups -OCH3 is 4. The third kappa shape index (κ3) is 4.98. The van der Waals surface area contributed by atoms with Gasteiger partial charge in [-0.2, -0.15) is 10.2 Å². The molecule has 0 saturated carbocycles. The SMILES string of the molecule is COc1cccc(N=NC(C(C)=O)C(=O)Nc2c(Cl)ccc(OC)c2OC)c1OC. The Labute approximate surface area is 178 Å². The summed E-state index contributed by atoms with van der Waals surface area (Å²) in [6.45, 7) is 1.23. The molecule has 2 rings (SSSR count). The van der Waals surface area contributed by atoms with Gasteiger partial charge in [-0.3, -0.25) is 9.59 Å². The number of nitrogens with zero attached hydrogens (tertiary/aromatic N) is 2. The van der Waals surface area contributed by atoms with E-state index in [0.29, 0.717) is 22.9 Å². The topological polar surface area (TPSA) is 108 Å². The van der Waals surface area contributed by atoms with Gasteiger partial charge in [0.1, 0.15) is 11.4 Å². The van der Waals surface area contributed by atoms with Crippen LogP contribution in [-0.4, -0.2) is 46.2 Å². The van der Waals surface area contributed by atoms with Crippen molar-refractivity contribution in [1.82, 2.24) is 0 Å². The number of hydrogen-bond acceptors (Lipinski definition) is 8. The summed E-state index contributed by atoms with van der Waals surface area (Å²) in [7, 11) is 5.78. The summed E-state index contributed by atoms with van der Waals surface area (Å²) in [6, 6.07) is 6.68. The number of para-hydroxylation sites is 1. The average Bonchev–Trinajstić information content (AvgIpc) is 2.74. The highest BCUT2D eigenvalue weighted by molar-refractivity contribution is 6.34. The fraction of sp³-hybridized carbons (Fsp3) is 0.300. The third-order valence-electron chi connectivity index (χ3n) is 4.04. The van der Waals surface area contributed by atoms with Crippen molar-refractivity contribution in [2.75, 3.05) is 33.8 Å². The number of carbonyl (C=O) groups is 2. The van der Waals surface area contributed by atoms with Crippen LogP contribution in [-0.2, 0) is 9.59 Å². The fourth-order valence-electron chi connectivity index (χ4n) is 2.60. The number of azo groups is 1. The minimum absolute atomic E-state index is 0.156. The molecular formula is C20H22ClN3O6. The highest BCUT2D eigenvalue weighted by atomic mass is 35.5. The number of halogens is 1. The number of Topliss-reactive ketones (excluding diaryl/α,β-unsaturated/α-hetero) is 1. The van der Waals surface area contributed by atoms with Crippen LogP contribution in [0.5, 0.6) is 23.0 Å². The number of rotatable bonds is 9. The van der Waals surface area contributed by atoms with E-state index in [1.807, 2.05) is 0 Å². The first-order valence-corrected chi connectivity index (χ1v) is 9.09. The standard InChI is InChI=1S/C20H22ClN3O6/c1-11(25)16(24-23-13-7-6-8-14(27-2)18(13)29-4)20(26)22-17-12(21)9-10-15(28-3)19(17)30-5/h6-10,16H,1-5H3,(H,22,26). The predicted molar refractivity (Wildman–Crippen MR) is 112 cm³/mol. The first-order valence-electron chi connectivity index (χ1n) is 8.71. The molecule has 160 valence electrons. The maximum absolute atomic E-state index is 12.8. The highest BCUT2D eigenvalue weighted by Crippen LogP contribution is 2.40. The summed E-state index contributed by atoms with van der Waals surface area (Å²) in [4.78, 5) is 24.9. The van der Waals surface area contributed by atoms with Gasteiger partial charge in [0.25, 0.3) is 5.91 Å². The maximum Gasteiger partial charge on any atom is 0.258 e. The first-order chi connectivity index (χ1) is 14.4. The van der Waals surface area contributed by atoms with Crippen LogP contribution in [0.1, 0.15) is 6.92 Å². The predicted octanol–water partition coefficient (Wildman–Crippen LogP) is 4.05. The Balaban J connectivity index is 2.36. The van der Waals surface area contributed by atoms with E-state index >= 15 is 0 Å². The number of benzene rings is 2. The van der Waals surface area contributed by atoms with Crippen LogP contribution in [0, 0.1) is 0 Å². The van der Waals surface area contributed by atoms with Gasteiger partial charge in [-0.15, -0.1) is 0 Å². The molecule has 0 radical (unpaired) electrons. The van der Waals surface area contributed by atoms with Gasteiger partial charge in [0.2, 0.25) is 6.04 Å². The van der Waals surface area contributed by atoms with E-state index in [0.717, 1.165) is 0 Å². The van der Waals surface area contributed by atoms with Gasteiger partial charge in [0, 0.05) is 0 Å². The van der Waals surface area contributed by atoms with Gasteiger partial charge in [0.05, 0.1) is 33.5 Å². The van der Waals surface area contributed by atoms with Crippen molar-refractivity contribution in [3.8, 4) is 23.0 Å². The van der Waals surface area contributed by atoms with Crippen molar-refractivity contribution in [2.45, 2.75) is 13.0 Å². The van der Waals surface area contributed by atoms with E-state index in [2.05, 4.69) is 15.5 Å². The highest BCUT2D eigenvalue weighted by Gasteiger charge is 2.26. The Hall–Kier alpha value is -3.33. The maximum atomic E-state index is 12.8. The zero-order valence-electron chi connectivity index (χ0n) is 17.2. The Morgan fingerprint density at radius 3 is 2.13 bits per heavy atom. The Bertz CT molecular complexity index is 964. The molecule has 30 heavy (non-hydrogen) atoms. The molecular weight excluding hydrogens is 414 g/mol. The second kappa shape index (κ2) is 10.4. The lowest BCUT2D eigenvalue weighted by Gasteiger charge is -2.16. The van der Waals surface area contributed by atoms with Crippen molar-refractivity contribution in [2.24, 2.45) is 10.2 Å². The summed E-state index contributed by atoms with van der Waals surface area (Å²) >= 11 is 6.19. The van der Waals surface area contributed by atoms with Crippen LogP contribution in [0.2, 0.25) is 5.02 Å². The van der Waals surface area contributed by atoms with Gasteiger partial charge in [0.15, 0.2) is 28.8 Å². The van der Waals surface area contributed by atoms with Gasteiger partial charge < -0.3 is 24.3 Å². The second-order valence-electron chi connectivity index (χ2n) is 5.89. The zero-order valence-corrected chi connectivity index (χ0v) is 17.9. The number of amides is 1. The molecule has 1 atom stereocenters. The Morgan fingerprint density at radius 1 is 0.933 bits per heavy atom. The van der Waals surface area contributed by atoms with Crippen LogP contribution in [0.4, 0.5) is 11.4 Å². The molecule has 2 aromatic carbocycles.